The van der Waals surface area contributed by atoms with E-state index < -0.39 is 5.54 Å². The van der Waals surface area contributed by atoms with E-state index in [1.807, 2.05) is 66.2 Å². The first kappa shape index (κ1) is 23.1. The number of imidazole rings is 1. The van der Waals surface area contributed by atoms with Gasteiger partial charge in [-0.15, -0.1) is 0 Å². The molecule has 0 aliphatic heterocycles. The molecule has 178 valence electrons. The minimum atomic E-state index is -1.06. The van der Waals surface area contributed by atoms with Crippen molar-refractivity contribution in [1.29, 1.82) is 5.26 Å². The molecule has 0 saturated carbocycles. The fourth-order valence-corrected chi connectivity index (χ4v) is 4.74. The van der Waals surface area contributed by atoms with E-state index in [-0.39, 0.29) is 5.56 Å². The minimum Gasteiger partial charge on any atom is -0.497 e. The van der Waals surface area contributed by atoms with Crippen LogP contribution >= 0.6 is 0 Å². The fraction of sp³-hybridized carbons (Fsp3) is 0.138. The molecule has 1 atom stereocenters. The number of rotatable bonds is 5. The van der Waals surface area contributed by atoms with E-state index in [1.54, 1.807) is 49.4 Å². The van der Waals surface area contributed by atoms with E-state index in [4.69, 9.17) is 10.5 Å². The van der Waals surface area contributed by atoms with Crippen LogP contribution in [-0.2, 0) is 19.6 Å². The van der Waals surface area contributed by atoms with Crippen molar-refractivity contribution in [3.05, 3.63) is 118 Å². The Hall–Kier alpha value is -4.67. The quantitative estimate of drug-likeness (QED) is 0.413. The third-order valence-corrected chi connectivity index (χ3v) is 6.77. The summed E-state index contributed by atoms with van der Waals surface area (Å²) in [5.41, 5.74) is 11.5. The van der Waals surface area contributed by atoms with Crippen LogP contribution in [0.1, 0.15) is 22.4 Å². The summed E-state index contributed by atoms with van der Waals surface area (Å²) in [7, 11) is 5.28. The van der Waals surface area contributed by atoms with E-state index in [0.29, 0.717) is 11.3 Å². The molecule has 2 heterocycles. The largest absolute Gasteiger partial charge is 0.497 e. The van der Waals surface area contributed by atoms with Crippen molar-refractivity contribution in [2.24, 2.45) is 19.8 Å². The molecule has 2 N–H and O–H groups in total. The number of hydrogen-bond acceptors (Lipinski definition) is 5. The molecule has 0 spiro atoms. The molecule has 0 unspecified atom stereocenters. The highest BCUT2D eigenvalue weighted by Gasteiger charge is 2.35. The third kappa shape index (κ3) is 3.65. The van der Waals surface area contributed by atoms with Crippen molar-refractivity contribution in [2.45, 2.75) is 5.54 Å². The number of pyridine rings is 1. The van der Waals surface area contributed by atoms with Crippen LogP contribution in [0.5, 0.6) is 5.75 Å². The number of fused-ring (bicyclic) bond motifs is 1. The Balaban J connectivity index is 1.82. The van der Waals surface area contributed by atoms with Crippen LogP contribution in [0, 0.1) is 11.3 Å². The molecule has 7 heteroatoms. The first-order valence-electron chi connectivity index (χ1n) is 11.4. The molecular formula is C29H25N5O2. The van der Waals surface area contributed by atoms with E-state index >= 15 is 0 Å². The van der Waals surface area contributed by atoms with E-state index in [1.165, 1.54) is 0 Å². The van der Waals surface area contributed by atoms with Crippen LogP contribution in [0.4, 0.5) is 0 Å². The highest BCUT2D eigenvalue weighted by atomic mass is 16.5. The van der Waals surface area contributed by atoms with Gasteiger partial charge in [-0.05, 0) is 58.7 Å². The number of nitrogens with zero attached hydrogens (tertiary/aromatic N) is 4. The summed E-state index contributed by atoms with van der Waals surface area (Å²) in [6.07, 6.45) is 3.47. The average Bonchev–Trinajstić information content (AvgIpc) is 3.36. The van der Waals surface area contributed by atoms with Crippen LogP contribution in [0.15, 0.2) is 90.1 Å². The van der Waals surface area contributed by atoms with Gasteiger partial charge in [0.15, 0.2) is 0 Å². The van der Waals surface area contributed by atoms with E-state index in [2.05, 4.69) is 11.1 Å². The molecule has 0 amide bonds. The Morgan fingerprint density at radius 1 is 1.00 bits per heavy atom. The molecule has 5 aromatic rings. The highest BCUT2D eigenvalue weighted by molar-refractivity contribution is 5.95. The van der Waals surface area contributed by atoms with E-state index in [9.17, 15) is 10.1 Å². The fourth-order valence-electron chi connectivity index (χ4n) is 4.74. The SMILES string of the molecule is COc1cccc(-c2cc(=O)n(C)c3ccc([C@](N)(c4ccc(C#N)cc4)c4cncn4C)cc23)c1. The predicted molar refractivity (Wildman–Crippen MR) is 140 cm³/mol. The molecule has 0 bridgehead atoms. The summed E-state index contributed by atoms with van der Waals surface area (Å²) < 4.78 is 8.95. The highest BCUT2D eigenvalue weighted by Crippen LogP contribution is 2.37. The maximum absolute atomic E-state index is 12.8. The lowest BCUT2D eigenvalue weighted by atomic mass is 9.80. The molecule has 0 aliphatic rings. The second-order valence-corrected chi connectivity index (χ2v) is 8.81. The number of methoxy groups -OCH3 is 1. The average molecular weight is 476 g/mol. The second kappa shape index (κ2) is 8.84. The van der Waals surface area contributed by atoms with Gasteiger partial charge in [0.25, 0.3) is 5.56 Å². The van der Waals surface area contributed by atoms with Gasteiger partial charge in [-0.25, -0.2) is 4.98 Å². The van der Waals surface area contributed by atoms with Gasteiger partial charge in [-0.2, -0.15) is 5.26 Å². The maximum atomic E-state index is 12.8. The van der Waals surface area contributed by atoms with Crippen molar-refractivity contribution >= 4 is 10.9 Å². The van der Waals surface area contributed by atoms with Crippen LogP contribution in [0.3, 0.4) is 0 Å². The van der Waals surface area contributed by atoms with Crippen molar-refractivity contribution in [3.8, 4) is 22.9 Å². The molecule has 0 fully saturated rings. The first-order valence-corrected chi connectivity index (χ1v) is 11.4. The van der Waals surface area contributed by atoms with Gasteiger partial charge in [0.1, 0.15) is 11.3 Å². The van der Waals surface area contributed by atoms with Gasteiger partial charge in [-0.1, -0.05) is 30.3 Å². The lowest BCUT2D eigenvalue weighted by Gasteiger charge is -2.31. The molecule has 36 heavy (non-hydrogen) atoms. The van der Waals surface area contributed by atoms with Gasteiger partial charge in [0.05, 0.1) is 42.5 Å². The summed E-state index contributed by atoms with van der Waals surface area (Å²) in [6, 6.07) is 24.6. The number of aryl methyl sites for hydroxylation is 2. The first-order chi connectivity index (χ1) is 17.4. The van der Waals surface area contributed by atoms with Gasteiger partial charge in [-0.3, -0.25) is 4.79 Å². The van der Waals surface area contributed by atoms with Crippen molar-refractivity contribution in [2.75, 3.05) is 7.11 Å². The number of aromatic nitrogens is 3. The Kier molecular flexibility index (Phi) is 5.67. The molecule has 0 radical (unpaired) electrons. The van der Waals surface area contributed by atoms with Crippen LogP contribution in [-0.4, -0.2) is 21.2 Å². The maximum Gasteiger partial charge on any atom is 0.251 e. The number of benzene rings is 3. The summed E-state index contributed by atoms with van der Waals surface area (Å²) in [4.78, 5) is 17.2. The molecule has 2 aromatic heterocycles. The summed E-state index contributed by atoms with van der Waals surface area (Å²) in [5.74, 6) is 0.707. The Morgan fingerprint density at radius 3 is 2.42 bits per heavy atom. The Morgan fingerprint density at radius 2 is 1.75 bits per heavy atom. The Labute approximate surface area is 208 Å². The monoisotopic (exact) mass is 475 g/mol. The zero-order valence-electron chi connectivity index (χ0n) is 20.3. The predicted octanol–water partition coefficient (Wildman–Crippen LogP) is 4.07. The molecule has 5 rings (SSSR count). The lowest BCUT2D eigenvalue weighted by Crippen LogP contribution is -2.41. The topological polar surface area (TPSA) is 98.9 Å². The second-order valence-electron chi connectivity index (χ2n) is 8.81. The van der Waals surface area contributed by atoms with Gasteiger partial charge in [0, 0.05) is 25.5 Å². The standard InChI is InChI=1S/C29H25N5O2/c1-33-18-32-17-27(33)29(31,21-9-7-19(16-30)8-10-21)22-11-12-26-25(14-22)24(15-28(35)34(26)2)20-5-4-6-23(13-20)36-3/h4-15,17-18H,31H2,1-3H3/t29-/m1/s1. The van der Waals surface area contributed by atoms with Gasteiger partial charge < -0.3 is 19.6 Å². The van der Waals surface area contributed by atoms with E-state index in [0.717, 1.165) is 38.9 Å². The van der Waals surface area contributed by atoms with Gasteiger partial charge in [0.2, 0.25) is 0 Å². The molecule has 0 aliphatic carbocycles. The van der Waals surface area contributed by atoms with Crippen LogP contribution in [0.25, 0.3) is 22.0 Å². The lowest BCUT2D eigenvalue weighted by molar-refractivity contribution is 0.415. The molecule has 0 saturated heterocycles. The summed E-state index contributed by atoms with van der Waals surface area (Å²) in [6.45, 7) is 0. The smallest absolute Gasteiger partial charge is 0.251 e. The number of nitriles is 1. The normalized spacial score (nSPS) is 12.8. The molecule has 3 aromatic carbocycles. The third-order valence-electron chi connectivity index (χ3n) is 6.77. The van der Waals surface area contributed by atoms with Gasteiger partial charge >= 0.3 is 0 Å². The van der Waals surface area contributed by atoms with Crippen LogP contribution in [0.2, 0.25) is 0 Å². The summed E-state index contributed by atoms with van der Waals surface area (Å²) in [5, 5.41) is 10.2. The number of ether oxygens (including phenoxy) is 1. The van der Waals surface area contributed by atoms with Crippen molar-refractivity contribution in [1.82, 2.24) is 14.1 Å². The van der Waals surface area contributed by atoms with Crippen molar-refractivity contribution in [3.63, 3.8) is 0 Å². The molecular weight excluding hydrogens is 450 g/mol. The summed E-state index contributed by atoms with van der Waals surface area (Å²) >= 11 is 0. The zero-order valence-corrected chi connectivity index (χ0v) is 20.3. The van der Waals surface area contributed by atoms with Crippen LogP contribution < -0.4 is 16.0 Å². The Bertz CT molecular complexity index is 1690. The van der Waals surface area contributed by atoms with Crippen molar-refractivity contribution < 1.29 is 4.74 Å². The molecule has 7 nitrogen and oxygen atoms in total. The minimum absolute atomic E-state index is 0.106. The number of hydrogen-bond donors (Lipinski definition) is 1. The number of nitrogens with two attached hydrogens (primary N) is 1. The zero-order chi connectivity index (χ0) is 25.4.